The Labute approximate surface area is 108 Å². The van der Waals surface area contributed by atoms with E-state index in [9.17, 15) is 8.78 Å². The molecule has 0 atom stereocenters. The Bertz CT molecular complexity index is 564. The van der Waals surface area contributed by atoms with E-state index in [1.165, 1.54) is 6.07 Å². The second kappa shape index (κ2) is 5.92. The molecule has 0 aliphatic rings. The van der Waals surface area contributed by atoms with Crippen LogP contribution in [0.25, 0.3) is 0 Å². The number of hydrogen-bond acceptors (Lipinski definition) is 2. The molecule has 0 saturated carbocycles. The maximum Gasteiger partial charge on any atom is 0.215 e. The summed E-state index contributed by atoms with van der Waals surface area (Å²) in [6.45, 7) is 0. The number of guanidine groups is 1. The minimum Gasteiger partial charge on any atom is -0.325 e. The monoisotopic (exact) mass is 262 g/mol. The highest BCUT2D eigenvalue weighted by molar-refractivity contribution is 5.94. The predicted octanol–water partition coefficient (Wildman–Crippen LogP) is 2.53. The lowest BCUT2D eigenvalue weighted by Gasteiger charge is -2.09. The fourth-order valence-electron chi connectivity index (χ4n) is 1.46. The minimum atomic E-state index is -0.761. The van der Waals surface area contributed by atoms with E-state index in [0.717, 1.165) is 12.1 Å². The lowest BCUT2D eigenvalue weighted by molar-refractivity contribution is 0.587. The smallest absolute Gasteiger partial charge is 0.215 e. The van der Waals surface area contributed by atoms with Crippen molar-refractivity contribution in [2.45, 2.75) is 0 Å². The number of hydrazine groups is 1. The maximum atomic E-state index is 13.4. The van der Waals surface area contributed by atoms with Crippen LogP contribution in [0.15, 0.2) is 53.5 Å². The quantitative estimate of drug-likeness (QED) is 0.337. The Kier molecular flexibility index (Phi) is 4.04. The van der Waals surface area contributed by atoms with Crippen molar-refractivity contribution in [2.75, 3.05) is 5.32 Å². The van der Waals surface area contributed by atoms with Gasteiger partial charge in [-0.2, -0.15) is 0 Å². The van der Waals surface area contributed by atoms with E-state index in [2.05, 4.69) is 15.7 Å². The second-order valence-electron chi connectivity index (χ2n) is 3.67. The van der Waals surface area contributed by atoms with Crippen molar-refractivity contribution < 1.29 is 8.78 Å². The lowest BCUT2D eigenvalue weighted by Crippen LogP contribution is -2.36. The van der Waals surface area contributed by atoms with Crippen LogP contribution in [0.5, 0.6) is 0 Å². The van der Waals surface area contributed by atoms with Crippen LogP contribution in [-0.4, -0.2) is 5.96 Å². The Morgan fingerprint density at radius 3 is 2.16 bits per heavy atom. The van der Waals surface area contributed by atoms with Crippen molar-refractivity contribution in [1.29, 1.82) is 0 Å². The van der Waals surface area contributed by atoms with E-state index in [4.69, 9.17) is 5.84 Å². The molecule has 2 aromatic rings. The molecular weight excluding hydrogens is 250 g/mol. The number of benzene rings is 2. The van der Waals surface area contributed by atoms with Crippen LogP contribution in [0.3, 0.4) is 0 Å². The molecule has 4 nitrogen and oxygen atoms in total. The highest BCUT2D eigenvalue weighted by Gasteiger charge is 2.08. The first-order chi connectivity index (χ1) is 9.20. The average Bonchev–Trinajstić information content (AvgIpc) is 2.43. The largest absolute Gasteiger partial charge is 0.325 e. The van der Waals surface area contributed by atoms with Gasteiger partial charge in [0.25, 0.3) is 0 Å². The van der Waals surface area contributed by atoms with Crippen molar-refractivity contribution in [1.82, 2.24) is 5.43 Å². The van der Waals surface area contributed by atoms with Crippen LogP contribution in [0, 0.1) is 11.6 Å². The van der Waals surface area contributed by atoms with Gasteiger partial charge in [0.05, 0.1) is 0 Å². The lowest BCUT2D eigenvalue weighted by atomic mass is 10.3. The van der Waals surface area contributed by atoms with Gasteiger partial charge in [0.15, 0.2) is 11.6 Å². The Morgan fingerprint density at radius 1 is 0.947 bits per heavy atom. The minimum absolute atomic E-state index is 0.0372. The summed E-state index contributed by atoms with van der Waals surface area (Å²) in [6.07, 6.45) is 0. The summed E-state index contributed by atoms with van der Waals surface area (Å²) < 4.78 is 26.9. The molecule has 0 aliphatic carbocycles. The molecule has 0 amide bonds. The topological polar surface area (TPSA) is 62.4 Å². The molecule has 0 saturated heterocycles. The third kappa shape index (κ3) is 3.26. The zero-order chi connectivity index (χ0) is 13.7. The first-order valence-electron chi connectivity index (χ1n) is 5.52. The van der Waals surface area contributed by atoms with Crippen LogP contribution in [0.4, 0.5) is 20.2 Å². The fraction of sp³-hybridized carbons (Fsp3) is 0. The molecular formula is C13H12F2N4. The number of nitrogens with zero attached hydrogens (tertiary/aromatic N) is 1. The Morgan fingerprint density at radius 2 is 1.58 bits per heavy atom. The number of hydrogen-bond donors (Lipinski definition) is 3. The molecule has 0 aromatic heterocycles. The first kappa shape index (κ1) is 13.0. The molecule has 0 bridgehead atoms. The summed E-state index contributed by atoms with van der Waals surface area (Å²) in [5.41, 5.74) is 2.55. The van der Waals surface area contributed by atoms with Crippen LogP contribution < -0.4 is 16.6 Å². The first-order valence-corrected chi connectivity index (χ1v) is 5.52. The highest BCUT2D eigenvalue weighted by atomic mass is 19.1. The van der Waals surface area contributed by atoms with Gasteiger partial charge in [-0.15, -0.1) is 0 Å². The van der Waals surface area contributed by atoms with E-state index in [1.54, 1.807) is 24.3 Å². The summed E-state index contributed by atoms with van der Waals surface area (Å²) in [5.74, 6) is 3.79. The van der Waals surface area contributed by atoms with Gasteiger partial charge in [-0.1, -0.05) is 24.3 Å². The number of rotatable bonds is 2. The van der Waals surface area contributed by atoms with Gasteiger partial charge in [-0.05, 0) is 24.3 Å². The average molecular weight is 262 g/mol. The molecule has 4 N–H and O–H groups in total. The molecule has 0 unspecified atom stereocenters. The van der Waals surface area contributed by atoms with Gasteiger partial charge in [-0.25, -0.2) is 19.6 Å². The van der Waals surface area contributed by atoms with E-state index < -0.39 is 17.3 Å². The Balaban J connectivity index is 2.29. The zero-order valence-electron chi connectivity index (χ0n) is 9.90. The molecule has 0 radical (unpaired) electrons. The molecule has 6 heteroatoms. The number of nitrogens with two attached hydrogens (primary N) is 1. The number of aliphatic imine (C=N–C) groups is 1. The molecule has 0 spiro atoms. The van der Waals surface area contributed by atoms with Gasteiger partial charge in [-0.3, -0.25) is 5.43 Å². The molecule has 0 aliphatic heterocycles. The van der Waals surface area contributed by atoms with Crippen LogP contribution in [-0.2, 0) is 0 Å². The predicted molar refractivity (Wildman–Crippen MR) is 70.8 cm³/mol. The van der Waals surface area contributed by atoms with Crippen molar-refractivity contribution in [2.24, 2.45) is 10.8 Å². The summed E-state index contributed by atoms with van der Waals surface area (Å²) in [5, 5.41) is 2.81. The number of anilines is 1. The van der Waals surface area contributed by atoms with E-state index in [1.807, 2.05) is 6.07 Å². The third-order valence-electron chi connectivity index (χ3n) is 2.33. The van der Waals surface area contributed by atoms with Crippen molar-refractivity contribution in [3.63, 3.8) is 0 Å². The number of nitrogens with one attached hydrogen (secondary N) is 2. The molecule has 2 rings (SSSR count). The van der Waals surface area contributed by atoms with Gasteiger partial charge in [0, 0.05) is 5.69 Å². The van der Waals surface area contributed by atoms with E-state index in [-0.39, 0.29) is 5.96 Å². The Hall–Kier alpha value is -2.47. The van der Waals surface area contributed by atoms with Crippen molar-refractivity contribution in [3.8, 4) is 0 Å². The summed E-state index contributed by atoms with van der Waals surface area (Å²) >= 11 is 0. The fourth-order valence-corrected chi connectivity index (χ4v) is 1.46. The summed E-state index contributed by atoms with van der Waals surface area (Å²) in [7, 11) is 0. The normalized spacial score (nSPS) is 11.2. The molecule has 0 heterocycles. The van der Waals surface area contributed by atoms with E-state index >= 15 is 0 Å². The second-order valence-corrected chi connectivity index (χ2v) is 3.67. The number of para-hydroxylation sites is 2. The third-order valence-corrected chi connectivity index (χ3v) is 2.33. The van der Waals surface area contributed by atoms with Gasteiger partial charge >= 0.3 is 0 Å². The summed E-state index contributed by atoms with van der Waals surface area (Å²) in [6, 6.07) is 12.5. The SMILES string of the molecule is NNC(=Nc1c(F)cccc1F)Nc1ccccc1. The summed E-state index contributed by atoms with van der Waals surface area (Å²) in [4.78, 5) is 3.79. The van der Waals surface area contributed by atoms with Crippen LogP contribution in [0.2, 0.25) is 0 Å². The van der Waals surface area contributed by atoms with Gasteiger partial charge in [0.1, 0.15) is 5.69 Å². The standard InChI is InChI=1S/C13H12F2N4/c14-10-7-4-8-11(15)12(10)18-13(19-16)17-9-5-2-1-3-6-9/h1-8H,16H2,(H2,17,18,19). The molecule has 0 fully saturated rings. The van der Waals surface area contributed by atoms with Gasteiger partial charge < -0.3 is 5.32 Å². The van der Waals surface area contributed by atoms with Crippen molar-refractivity contribution >= 4 is 17.3 Å². The van der Waals surface area contributed by atoms with E-state index in [0.29, 0.717) is 5.69 Å². The maximum absolute atomic E-state index is 13.4. The van der Waals surface area contributed by atoms with Crippen LogP contribution in [0.1, 0.15) is 0 Å². The van der Waals surface area contributed by atoms with Crippen LogP contribution >= 0.6 is 0 Å². The number of halogens is 2. The highest BCUT2D eigenvalue weighted by Crippen LogP contribution is 2.21. The molecule has 2 aromatic carbocycles. The van der Waals surface area contributed by atoms with Crippen molar-refractivity contribution in [3.05, 3.63) is 60.2 Å². The van der Waals surface area contributed by atoms with Gasteiger partial charge in [0.2, 0.25) is 5.96 Å². The zero-order valence-corrected chi connectivity index (χ0v) is 9.90. The molecule has 98 valence electrons. The molecule has 19 heavy (non-hydrogen) atoms.